The van der Waals surface area contributed by atoms with E-state index < -0.39 is 159 Å². The number of ketones is 6. The number of carbonyl (C=O) groups is 18. The van der Waals surface area contributed by atoms with Crippen molar-refractivity contribution in [3.63, 3.8) is 0 Å². The molecule has 0 saturated heterocycles. The van der Waals surface area contributed by atoms with Gasteiger partial charge in [0.05, 0.1) is 101 Å². The van der Waals surface area contributed by atoms with E-state index in [1.54, 1.807) is 103 Å². The maximum absolute atomic E-state index is 16.0. The van der Waals surface area contributed by atoms with Gasteiger partial charge in [0, 0.05) is 35.5 Å². The number of nitrogens with zero attached hydrogens (tertiary/aromatic N) is 6. The number of benzene rings is 12. The summed E-state index contributed by atoms with van der Waals surface area (Å²) in [7, 11) is 0. The van der Waals surface area contributed by atoms with Crippen LogP contribution in [0.2, 0.25) is 0 Å². The predicted molar refractivity (Wildman–Crippen MR) is 480 cm³/mol. The summed E-state index contributed by atoms with van der Waals surface area (Å²) in [5.74, 6) is -26.2. The average molecular weight is 1730 g/mol. The lowest BCUT2D eigenvalue weighted by atomic mass is 9.69. The molecular weight excluding hydrogens is 1660 g/mol. The van der Waals surface area contributed by atoms with E-state index in [0.717, 1.165) is 65.4 Å². The number of hydrogen-bond acceptors (Lipinski definition) is 18. The van der Waals surface area contributed by atoms with Gasteiger partial charge in [-0.3, -0.25) is 86.3 Å². The highest BCUT2D eigenvalue weighted by Crippen LogP contribution is 2.56. The van der Waals surface area contributed by atoms with Gasteiger partial charge >= 0.3 is 0 Å². The van der Waals surface area contributed by atoms with Crippen LogP contribution in [0.25, 0.3) is 33.4 Å². The monoisotopic (exact) mass is 1730 g/mol. The van der Waals surface area contributed by atoms with Crippen LogP contribution in [0, 0.1) is 35.5 Å². The first-order valence-corrected chi connectivity index (χ1v) is 43.1. The van der Waals surface area contributed by atoms with Crippen molar-refractivity contribution in [1.29, 1.82) is 0 Å². The number of anilines is 6. The maximum atomic E-state index is 16.0. The number of fused-ring (bicyclic) bond motifs is 6. The van der Waals surface area contributed by atoms with Crippen molar-refractivity contribution in [3.8, 4) is 33.4 Å². The van der Waals surface area contributed by atoms with Crippen molar-refractivity contribution in [1.82, 2.24) is 0 Å². The molecule has 0 N–H and O–H groups in total. The van der Waals surface area contributed by atoms with Crippen LogP contribution in [0.5, 0.6) is 0 Å². The third-order valence-corrected chi connectivity index (χ3v) is 27.7. The topological polar surface area (TPSA) is 327 Å². The highest BCUT2D eigenvalue weighted by atomic mass is 16.2. The van der Waals surface area contributed by atoms with Crippen LogP contribution < -0.4 is 29.4 Å². The summed E-state index contributed by atoms with van der Waals surface area (Å²) < 4.78 is 0. The normalized spacial score (nSPS) is 21.4. The Morgan fingerprint density at radius 1 is 0.183 bits per heavy atom. The zero-order valence-corrected chi connectivity index (χ0v) is 70.6. The van der Waals surface area contributed by atoms with Crippen LogP contribution in [0.1, 0.15) is 210 Å². The van der Waals surface area contributed by atoms with Gasteiger partial charge < -0.3 is 0 Å². The Morgan fingerprint density at radius 3 is 0.527 bits per heavy atom. The summed E-state index contributed by atoms with van der Waals surface area (Å²) in [6.07, 6.45) is 2.27. The van der Waals surface area contributed by atoms with Crippen molar-refractivity contribution >= 4 is 140 Å². The molecule has 3 aliphatic carbocycles. The van der Waals surface area contributed by atoms with E-state index in [1.165, 1.54) is 129 Å². The molecule has 21 rings (SSSR count). The van der Waals surface area contributed by atoms with Gasteiger partial charge in [0.15, 0.2) is 34.7 Å². The van der Waals surface area contributed by atoms with E-state index in [1.807, 2.05) is 57.2 Å². The van der Waals surface area contributed by atoms with Crippen LogP contribution in [-0.4, -0.2) is 106 Å². The molecule has 3 fully saturated rings. The highest BCUT2D eigenvalue weighted by Gasteiger charge is 2.66. The van der Waals surface area contributed by atoms with E-state index in [0.29, 0.717) is 50.4 Å². The van der Waals surface area contributed by atoms with Crippen LogP contribution in [0.4, 0.5) is 34.1 Å². The fourth-order valence-corrected chi connectivity index (χ4v) is 20.7. The number of imide groups is 6. The molecule has 0 radical (unpaired) electrons. The molecule has 6 heterocycles. The number of hydrogen-bond donors (Lipinski definition) is 0. The average Bonchev–Trinajstić information content (AvgIpc) is 1.55. The Morgan fingerprint density at radius 2 is 0.344 bits per heavy atom. The number of aryl methyl sites for hydroxylation is 3. The fraction of sp³-hybridized carbons (Fsp3) is 0.159. The molecule has 131 heavy (non-hydrogen) atoms. The highest BCUT2D eigenvalue weighted by molar-refractivity contribution is 6.40. The van der Waals surface area contributed by atoms with E-state index in [9.17, 15) is 57.5 Å². The summed E-state index contributed by atoms with van der Waals surface area (Å²) in [5, 5.41) is 0. The van der Waals surface area contributed by atoms with Gasteiger partial charge in [-0.25, -0.2) is 29.4 Å². The summed E-state index contributed by atoms with van der Waals surface area (Å²) in [6.45, 7) is 8.85. The van der Waals surface area contributed by atoms with Crippen LogP contribution >= 0.6 is 0 Å². The third-order valence-electron chi connectivity index (χ3n) is 27.7. The standard InChI is InChI=1S/C107H72N6O18/c1-6-53-9-27-65(28-10-53)108-96(120)71-39-21-59(45-77(71)102(108)126)62-24-42-74-80(48-62)105(129)111(99(74)123)68-33-15-56(16-34-68)85-90(114)51(4)83(92(85)116)88-89(95(119)87(94(88)118)58-19-37-70(38-20-58)113-101(125)76-44-26-64(50-82(76)107(113)131)61-23-41-73-79(47-61)104(128)110(98(73)122)67-31-13-55(8-3)14-32-67)84-52(5)91(115)86(93(84)117)57-17-35-69(36-18-57)112-100(124)75-43-25-63(49-81(75)106(112)130)60-22-40-72-78(46-60)103(127)109(97(72)121)66-29-11-54(7-2)12-30-66/h9-52,83-89H,6-8H2,1-5H3. The smallest absolute Gasteiger partial charge is 0.266 e. The molecule has 24 nitrogen and oxygen atoms in total. The number of rotatable bonds is 17. The molecular formula is C107H72N6O18. The van der Waals surface area contributed by atoms with Gasteiger partial charge in [-0.1, -0.05) is 144 Å². The lowest BCUT2D eigenvalue weighted by Gasteiger charge is -2.29. The molecule has 8 atom stereocenters. The van der Waals surface area contributed by atoms with Gasteiger partial charge in [0.1, 0.15) is 17.8 Å². The molecule has 0 spiro atoms. The molecule has 8 unspecified atom stereocenters. The van der Waals surface area contributed by atoms with Crippen molar-refractivity contribution < 1.29 is 86.3 Å². The summed E-state index contributed by atoms with van der Waals surface area (Å²) in [4.78, 5) is 269. The minimum atomic E-state index is -1.76. The first kappa shape index (κ1) is 81.5. The van der Waals surface area contributed by atoms with Gasteiger partial charge in [-0.2, -0.15) is 0 Å². The molecule has 3 saturated carbocycles. The predicted octanol–water partition coefficient (Wildman–Crippen LogP) is 16.0. The van der Waals surface area contributed by atoms with E-state index in [4.69, 9.17) is 0 Å². The Bertz CT molecular complexity index is 7050. The second kappa shape index (κ2) is 30.4. The molecule has 9 aliphatic rings. The van der Waals surface area contributed by atoms with Crippen LogP contribution in [0.15, 0.2) is 255 Å². The van der Waals surface area contributed by atoms with Crippen LogP contribution in [0.3, 0.4) is 0 Å². The fourth-order valence-electron chi connectivity index (χ4n) is 20.7. The maximum Gasteiger partial charge on any atom is 0.266 e. The van der Waals surface area contributed by atoms with E-state index in [-0.39, 0.29) is 101 Å². The Hall–Kier alpha value is -16.5. The van der Waals surface area contributed by atoms with E-state index in [2.05, 4.69) is 0 Å². The lowest BCUT2D eigenvalue weighted by molar-refractivity contribution is -0.136. The van der Waals surface area contributed by atoms with Gasteiger partial charge in [0.25, 0.3) is 70.9 Å². The number of amides is 12. The zero-order valence-electron chi connectivity index (χ0n) is 70.6. The first-order valence-electron chi connectivity index (χ1n) is 43.1. The molecule has 638 valence electrons. The second-order valence-electron chi connectivity index (χ2n) is 34.5. The molecule has 12 amide bonds. The van der Waals surface area contributed by atoms with Crippen LogP contribution in [-0.2, 0) is 48.0 Å². The Kier molecular flexibility index (Phi) is 18.9. The van der Waals surface area contributed by atoms with Crippen molar-refractivity contribution in [2.75, 3.05) is 29.4 Å². The second-order valence-corrected chi connectivity index (χ2v) is 34.5. The Labute approximate surface area is 746 Å². The third kappa shape index (κ3) is 12.2. The summed E-state index contributed by atoms with van der Waals surface area (Å²) in [5.41, 5.74) is 8.69. The van der Waals surface area contributed by atoms with Crippen molar-refractivity contribution in [2.45, 2.75) is 71.6 Å². The Balaban J connectivity index is 0.557. The largest absolute Gasteiger partial charge is 0.298 e. The van der Waals surface area contributed by atoms with Gasteiger partial charge in [0.2, 0.25) is 0 Å². The van der Waals surface area contributed by atoms with E-state index >= 15 is 28.8 Å². The molecule has 12 aromatic rings. The molecule has 0 bridgehead atoms. The summed E-state index contributed by atoms with van der Waals surface area (Å²) >= 11 is 0. The number of Topliss-reactive ketones (excluding diaryl/α,β-unsaturated/α-hetero) is 6. The number of carbonyl (C=O) groups excluding carboxylic acids is 18. The molecule has 12 aromatic carbocycles. The van der Waals surface area contributed by atoms with Crippen molar-refractivity contribution in [3.05, 3.63) is 355 Å². The quantitative estimate of drug-likeness (QED) is 0.0604. The minimum Gasteiger partial charge on any atom is -0.298 e. The van der Waals surface area contributed by atoms with Gasteiger partial charge in [-0.05, 0) is 232 Å². The van der Waals surface area contributed by atoms with Gasteiger partial charge in [-0.15, -0.1) is 0 Å². The zero-order chi connectivity index (χ0) is 91.2. The molecule has 0 aromatic heterocycles. The molecule has 6 aliphatic heterocycles. The minimum absolute atomic E-state index is 0.00511. The SMILES string of the molecule is CCc1ccc(N2C(=O)c3ccc(-c4ccc5c(c4)C(=O)N(c4ccc(C6C(=O)C(C)C(C7C(=O)C(c8ccc(N9C(=O)c%10ccc(-c%11ccc%12c(c%11)C(=O)N(c%11ccc(CC)cc%11)C%12=O)cc%10C9=O)cc8)C(=O)C7C7C(=O)C(c8ccc(N9C(=O)c%10ccc(-c%11ccc%12c(c%11)C(=O)N(c%11ccc(CC)cc%11)C%12=O)cc%10C9=O)cc8)C(=O)C7C)C6=O)cc4)C5=O)cc3C2=O)cc1. The molecule has 24 heteroatoms. The first-order chi connectivity index (χ1) is 63.2. The van der Waals surface area contributed by atoms with Crippen molar-refractivity contribution in [2.24, 2.45) is 35.5 Å². The lowest BCUT2D eigenvalue weighted by Crippen LogP contribution is -2.39. The summed E-state index contributed by atoms with van der Waals surface area (Å²) in [6, 6.07) is 65.9.